The molecule has 1 atom stereocenters. The number of rotatable bonds is 9. The molecular weight excluding hydrogens is 449 g/mol. The molecule has 0 radical (unpaired) electrons. The fraction of sp³-hybridized carbons (Fsp3) is 0.538. The van der Waals surface area contributed by atoms with E-state index in [2.05, 4.69) is 21.8 Å². The third-order valence-electron chi connectivity index (χ3n) is 7.04. The molecule has 0 spiro atoms. The molecule has 2 aromatic rings. The molecule has 2 aliphatic rings. The van der Waals surface area contributed by atoms with Gasteiger partial charge in [0.05, 0.1) is 12.2 Å². The van der Waals surface area contributed by atoms with E-state index >= 15 is 0 Å². The Morgan fingerprint density at radius 1 is 1.14 bits per heavy atom. The van der Waals surface area contributed by atoms with Crippen LogP contribution in [0.2, 0.25) is 0 Å². The molecular formula is C26H34FN5O3. The number of nitrogens with zero attached hydrogens (tertiary/aromatic N) is 4. The van der Waals surface area contributed by atoms with Gasteiger partial charge in [0.15, 0.2) is 0 Å². The van der Waals surface area contributed by atoms with Crippen molar-refractivity contribution in [2.75, 3.05) is 31.1 Å². The van der Waals surface area contributed by atoms with Crippen LogP contribution in [-0.2, 0) is 11.2 Å². The zero-order chi connectivity index (χ0) is 24.8. The highest BCUT2D eigenvalue weighted by molar-refractivity contribution is 5.98. The summed E-state index contributed by atoms with van der Waals surface area (Å²) in [7, 11) is 0. The van der Waals surface area contributed by atoms with Crippen molar-refractivity contribution in [3.05, 3.63) is 47.5 Å². The number of aromatic nitrogens is 2. The summed E-state index contributed by atoms with van der Waals surface area (Å²) in [5.41, 5.74) is 6.46. The van der Waals surface area contributed by atoms with Crippen LogP contribution in [0.3, 0.4) is 0 Å². The van der Waals surface area contributed by atoms with Gasteiger partial charge in [0.25, 0.3) is 5.91 Å². The fourth-order valence-electron chi connectivity index (χ4n) is 4.90. The lowest BCUT2D eigenvalue weighted by Gasteiger charge is -2.32. The molecule has 0 unspecified atom stereocenters. The average Bonchev–Trinajstić information content (AvgIpc) is 3.37. The first-order chi connectivity index (χ1) is 17.0. The number of likely N-dealkylation sites (tertiary alicyclic amines) is 1. The minimum atomic E-state index is -0.668. The molecule has 4 rings (SSSR count). The lowest BCUT2D eigenvalue weighted by Crippen LogP contribution is -2.43. The first kappa shape index (κ1) is 24.9. The highest BCUT2D eigenvalue weighted by Crippen LogP contribution is 2.26. The van der Waals surface area contributed by atoms with Gasteiger partial charge in [-0.2, -0.15) is 0 Å². The fourth-order valence-corrected chi connectivity index (χ4v) is 4.90. The minimum Gasteiger partial charge on any atom is -0.493 e. The first-order valence-corrected chi connectivity index (χ1v) is 12.5. The van der Waals surface area contributed by atoms with E-state index in [1.807, 2.05) is 12.4 Å². The normalized spacial score (nSPS) is 18.6. The van der Waals surface area contributed by atoms with Crippen LogP contribution >= 0.6 is 0 Å². The van der Waals surface area contributed by atoms with Gasteiger partial charge in [0, 0.05) is 38.1 Å². The Hall–Kier alpha value is -3.23. The van der Waals surface area contributed by atoms with Gasteiger partial charge in [-0.25, -0.2) is 14.4 Å². The molecule has 2 saturated heterocycles. The van der Waals surface area contributed by atoms with Crippen molar-refractivity contribution < 1.29 is 18.7 Å². The Labute approximate surface area is 205 Å². The number of carbonyl (C=O) groups is 2. The molecule has 35 heavy (non-hydrogen) atoms. The predicted octanol–water partition coefficient (Wildman–Crippen LogP) is 3.34. The van der Waals surface area contributed by atoms with Gasteiger partial charge in [0.2, 0.25) is 11.9 Å². The number of carbonyl (C=O) groups excluding carboxylic acids is 2. The summed E-state index contributed by atoms with van der Waals surface area (Å²) in [4.78, 5) is 36.8. The zero-order valence-electron chi connectivity index (χ0n) is 20.3. The number of halogens is 1. The van der Waals surface area contributed by atoms with Crippen molar-refractivity contribution in [2.24, 2.45) is 11.7 Å². The van der Waals surface area contributed by atoms with E-state index in [-0.39, 0.29) is 5.56 Å². The van der Waals surface area contributed by atoms with Gasteiger partial charge in [-0.3, -0.25) is 9.59 Å². The second kappa shape index (κ2) is 11.5. The van der Waals surface area contributed by atoms with E-state index in [9.17, 15) is 14.0 Å². The van der Waals surface area contributed by atoms with E-state index in [0.717, 1.165) is 56.7 Å². The summed E-state index contributed by atoms with van der Waals surface area (Å²) in [6, 6.07) is 3.60. The number of piperidine rings is 1. The SMILES string of the molecule is CCc1cnc(N2CCC(CCCOc3ccc(C(=O)N4CCC[C@@H]4C(N)=O)c(F)c3)CC2)nc1. The van der Waals surface area contributed by atoms with Crippen LogP contribution < -0.4 is 15.4 Å². The second-order valence-electron chi connectivity index (χ2n) is 9.37. The number of anilines is 1. The monoisotopic (exact) mass is 483 g/mol. The standard InChI is InChI=1S/C26H34FN5O3/c1-2-18-16-29-26(30-17-18)31-12-9-19(10-13-31)5-4-14-35-20-7-8-21(22(27)15-20)25(34)32-11-3-6-23(32)24(28)33/h7-8,15-17,19,23H,2-6,9-14H2,1H3,(H2,28,33)/t23-/m1/s1. The summed E-state index contributed by atoms with van der Waals surface area (Å²) in [5.74, 6) is 0.121. The van der Waals surface area contributed by atoms with Crippen LogP contribution in [0.15, 0.2) is 30.6 Å². The maximum absolute atomic E-state index is 14.6. The topological polar surface area (TPSA) is 102 Å². The van der Waals surface area contributed by atoms with E-state index in [0.29, 0.717) is 37.7 Å². The summed E-state index contributed by atoms with van der Waals surface area (Å²) < 4.78 is 20.4. The number of amides is 2. The third kappa shape index (κ3) is 6.07. The molecule has 2 N–H and O–H groups in total. The van der Waals surface area contributed by atoms with Gasteiger partial charge in [-0.15, -0.1) is 0 Å². The predicted molar refractivity (Wildman–Crippen MR) is 131 cm³/mol. The largest absolute Gasteiger partial charge is 0.493 e. The maximum atomic E-state index is 14.6. The average molecular weight is 484 g/mol. The van der Waals surface area contributed by atoms with Crippen LogP contribution in [0.5, 0.6) is 5.75 Å². The lowest BCUT2D eigenvalue weighted by atomic mass is 9.92. The van der Waals surface area contributed by atoms with Crippen molar-refractivity contribution >= 4 is 17.8 Å². The molecule has 8 nitrogen and oxygen atoms in total. The molecule has 1 aromatic heterocycles. The lowest BCUT2D eigenvalue weighted by molar-refractivity contribution is -0.121. The van der Waals surface area contributed by atoms with E-state index in [4.69, 9.17) is 10.5 Å². The maximum Gasteiger partial charge on any atom is 0.257 e. The first-order valence-electron chi connectivity index (χ1n) is 12.5. The Kier molecular flexibility index (Phi) is 8.15. The number of aryl methyl sites for hydroxylation is 1. The van der Waals surface area contributed by atoms with E-state index < -0.39 is 23.7 Å². The highest BCUT2D eigenvalue weighted by atomic mass is 19.1. The molecule has 1 aromatic carbocycles. The molecule has 188 valence electrons. The van der Waals surface area contributed by atoms with Crippen molar-refractivity contribution in [2.45, 2.75) is 57.9 Å². The molecule has 0 bridgehead atoms. The number of ether oxygens (including phenoxy) is 1. The number of hydrogen-bond acceptors (Lipinski definition) is 6. The number of primary amides is 1. The van der Waals surface area contributed by atoms with Gasteiger partial charge < -0.3 is 20.3 Å². The van der Waals surface area contributed by atoms with Gasteiger partial charge in [0.1, 0.15) is 17.6 Å². The summed E-state index contributed by atoms with van der Waals surface area (Å²) >= 11 is 0. The zero-order valence-corrected chi connectivity index (χ0v) is 20.3. The van der Waals surface area contributed by atoms with Gasteiger partial charge >= 0.3 is 0 Å². The number of nitrogens with two attached hydrogens (primary N) is 1. The molecule has 2 fully saturated rings. The van der Waals surface area contributed by atoms with Crippen LogP contribution in [0.1, 0.15) is 61.4 Å². The molecule has 2 aliphatic heterocycles. The Morgan fingerprint density at radius 3 is 2.54 bits per heavy atom. The van der Waals surface area contributed by atoms with Crippen molar-refractivity contribution in [1.29, 1.82) is 0 Å². The van der Waals surface area contributed by atoms with Crippen LogP contribution in [0.4, 0.5) is 10.3 Å². The molecule has 2 amide bonds. The third-order valence-corrected chi connectivity index (χ3v) is 7.04. The van der Waals surface area contributed by atoms with E-state index in [1.165, 1.54) is 17.0 Å². The smallest absolute Gasteiger partial charge is 0.257 e. The molecule has 0 saturated carbocycles. The summed E-state index contributed by atoms with van der Waals surface area (Å²) in [6.07, 6.45) is 10.1. The van der Waals surface area contributed by atoms with Gasteiger partial charge in [-0.1, -0.05) is 6.92 Å². The molecule has 0 aliphatic carbocycles. The Morgan fingerprint density at radius 2 is 1.89 bits per heavy atom. The van der Waals surface area contributed by atoms with Crippen molar-refractivity contribution in [3.8, 4) is 5.75 Å². The second-order valence-corrected chi connectivity index (χ2v) is 9.37. The van der Waals surface area contributed by atoms with Crippen LogP contribution in [-0.4, -0.2) is 59.0 Å². The number of benzene rings is 1. The molecule has 9 heteroatoms. The molecule has 3 heterocycles. The van der Waals surface area contributed by atoms with Crippen LogP contribution in [0, 0.1) is 11.7 Å². The van der Waals surface area contributed by atoms with Crippen LogP contribution in [0.25, 0.3) is 0 Å². The van der Waals surface area contributed by atoms with Crippen molar-refractivity contribution in [3.63, 3.8) is 0 Å². The quantitative estimate of drug-likeness (QED) is 0.549. The Bertz CT molecular complexity index is 1020. The minimum absolute atomic E-state index is 0.0643. The summed E-state index contributed by atoms with van der Waals surface area (Å²) in [5, 5.41) is 0. The van der Waals surface area contributed by atoms with Crippen molar-refractivity contribution in [1.82, 2.24) is 14.9 Å². The highest BCUT2D eigenvalue weighted by Gasteiger charge is 2.34. The summed E-state index contributed by atoms with van der Waals surface area (Å²) in [6.45, 7) is 4.89. The van der Waals surface area contributed by atoms with E-state index in [1.54, 1.807) is 6.07 Å². The Balaban J connectivity index is 1.20. The number of hydrogen-bond donors (Lipinski definition) is 1. The van der Waals surface area contributed by atoms with Gasteiger partial charge in [-0.05, 0) is 68.6 Å².